The van der Waals surface area contributed by atoms with Crippen molar-refractivity contribution >= 4 is 21.8 Å². The summed E-state index contributed by atoms with van der Waals surface area (Å²) in [5.74, 6) is 0.812. The van der Waals surface area contributed by atoms with E-state index < -0.39 is 0 Å². The highest BCUT2D eigenvalue weighted by atomic mass is 79.9. The number of rotatable bonds is 4. The molecule has 0 aliphatic heterocycles. The summed E-state index contributed by atoms with van der Waals surface area (Å²) < 4.78 is 0. The molecule has 0 radical (unpaired) electrons. The van der Waals surface area contributed by atoms with E-state index >= 15 is 0 Å². The standard InChI is InChI=1S/C10H18BrNO/c1-7(2)6-12(9-4-5-9)10(13)8(3)11/h7-9H,4-6H2,1-3H3. The van der Waals surface area contributed by atoms with Gasteiger partial charge in [0.1, 0.15) is 0 Å². The van der Waals surface area contributed by atoms with Gasteiger partial charge in [-0.1, -0.05) is 29.8 Å². The monoisotopic (exact) mass is 247 g/mol. The predicted octanol–water partition coefficient (Wildman–Crippen LogP) is 2.42. The van der Waals surface area contributed by atoms with E-state index in [1.54, 1.807) is 0 Å². The number of nitrogens with zero attached hydrogens (tertiary/aromatic N) is 1. The molecule has 0 bridgehead atoms. The minimum atomic E-state index is -0.0353. The van der Waals surface area contributed by atoms with Crippen LogP contribution in [0.4, 0.5) is 0 Å². The van der Waals surface area contributed by atoms with E-state index in [1.807, 2.05) is 11.8 Å². The van der Waals surface area contributed by atoms with Gasteiger partial charge in [-0.15, -0.1) is 0 Å². The number of alkyl halides is 1. The summed E-state index contributed by atoms with van der Waals surface area (Å²) in [6.45, 7) is 7.11. The maximum absolute atomic E-state index is 11.7. The molecular weight excluding hydrogens is 230 g/mol. The average Bonchev–Trinajstić information content (AvgIpc) is 2.80. The fraction of sp³-hybridized carbons (Fsp3) is 0.900. The fourth-order valence-electron chi connectivity index (χ4n) is 1.43. The van der Waals surface area contributed by atoms with E-state index in [0.29, 0.717) is 12.0 Å². The van der Waals surface area contributed by atoms with Gasteiger partial charge in [-0.3, -0.25) is 4.79 Å². The highest BCUT2D eigenvalue weighted by Crippen LogP contribution is 2.28. The molecule has 1 rings (SSSR count). The number of hydrogen-bond acceptors (Lipinski definition) is 1. The third kappa shape index (κ3) is 3.29. The minimum absolute atomic E-state index is 0.0353. The zero-order chi connectivity index (χ0) is 10.0. The molecule has 0 spiro atoms. The van der Waals surface area contributed by atoms with Gasteiger partial charge in [-0.05, 0) is 25.7 Å². The lowest BCUT2D eigenvalue weighted by Gasteiger charge is -2.25. The molecule has 0 aromatic carbocycles. The smallest absolute Gasteiger partial charge is 0.236 e. The Morgan fingerprint density at radius 3 is 2.31 bits per heavy atom. The summed E-state index contributed by atoms with van der Waals surface area (Å²) in [6.07, 6.45) is 2.39. The Balaban J connectivity index is 2.51. The lowest BCUT2D eigenvalue weighted by molar-refractivity contribution is -0.131. The molecule has 1 aliphatic carbocycles. The molecule has 2 nitrogen and oxygen atoms in total. The molecule has 0 heterocycles. The van der Waals surface area contributed by atoms with Crippen LogP contribution in [0.3, 0.4) is 0 Å². The largest absolute Gasteiger partial charge is 0.339 e. The Morgan fingerprint density at radius 1 is 1.46 bits per heavy atom. The van der Waals surface area contributed by atoms with Gasteiger partial charge in [0.25, 0.3) is 0 Å². The topological polar surface area (TPSA) is 20.3 Å². The number of hydrogen-bond donors (Lipinski definition) is 0. The van der Waals surface area contributed by atoms with Crippen molar-refractivity contribution in [1.29, 1.82) is 0 Å². The summed E-state index contributed by atoms with van der Waals surface area (Å²) in [4.78, 5) is 13.7. The quantitative estimate of drug-likeness (QED) is 0.699. The van der Waals surface area contributed by atoms with Gasteiger partial charge in [-0.2, -0.15) is 0 Å². The first kappa shape index (κ1) is 11.0. The first-order chi connectivity index (χ1) is 6.02. The van der Waals surface area contributed by atoms with Crippen LogP contribution in [-0.2, 0) is 4.79 Å². The van der Waals surface area contributed by atoms with Crippen LogP contribution in [0.5, 0.6) is 0 Å². The average molecular weight is 248 g/mol. The van der Waals surface area contributed by atoms with Gasteiger partial charge in [0, 0.05) is 12.6 Å². The highest BCUT2D eigenvalue weighted by molar-refractivity contribution is 9.10. The van der Waals surface area contributed by atoms with Crippen molar-refractivity contribution < 1.29 is 4.79 Å². The summed E-state index contributed by atoms with van der Waals surface area (Å²) in [5.41, 5.74) is 0. The van der Waals surface area contributed by atoms with E-state index in [0.717, 1.165) is 6.54 Å². The summed E-state index contributed by atoms with van der Waals surface area (Å²) >= 11 is 3.34. The molecule has 76 valence electrons. The Bertz CT molecular complexity index is 187. The van der Waals surface area contributed by atoms with Crippen molar-refractivity contribution in [2.24, 2.45) is 5.92 Å². The van der Waals surface area contributed by atoms with Crippen molar-refractivity contribution in [2.45, 2.75) is 44.5 Å². The molecule has 1 unspecified atom stereocenters. The van der Waals surface area contributed by atoms with Crippen molar-refractivity contribution in [1.82, 2.24) is 4.90 Å². The zero-order valence-corrected chi connectivity index (χ0v) is 10.2. The van der Waals surface area contributed by atoms with Gasteiger partial charge < -0.3 is 4.90 Å². The lowest BCUT2D eigenvalue weighted by atomic mass is 10.2. The Kier molecular flexibility index (Phi) is 3.77. The van der Waals surface area contributed by atoms with Gasteiger partial charge in [-0.25, -0.2) is 0 Å². The van der Waals surface area contributed by atoms with Gasteiger partial charge >= 0.3 is 0 Å². The lowest BCUT2D eigenvalue weighted by Crippen LogP contribution is -2.39. The van der Waals surface area contributed by atoms with Crippen LogP contribution in [0.1, 0.15) is 33.6 Å². The fourth-order valence-corrected chi connectivity index (χ4v) is 1.69. The van der Waals surface area contributed by atoms with Crippen molar-refractivity contribution in [3.05, 3.63) is 0 Å². The Hall–Kier alpha value is -0.0500. The summed E-state index contributed by atoms with van der Waals surface area (Å²) in [7, 11) is 0. The summed E-state index contributed by atoms with van der Waals surface area (Å²) in [6, 6.07) is 0.537. The third-order valence-electron chi connectivity index (χ3n) is 2.17. The van der Waals surface area contributed by atoms with Crippen LogP contribution in [0.2, 0.25) is 0 Å². The van der Waals surface area contributed by atoms with Crippen LogP contribution >= 0.6 is 15.9 Å². The maximum atomic E-state index is 11.7. The van der Waals surface area contributed by atoms with E-state index in [1.165, 1.54) is 12.8 Å². The maximum Gasteiger partial charge on any atom is 0.236 e. The summed E-state index contributed by atoms with van der Waals surface area (Å²) in [5, 5.41) is 0. The van der Waals surface area contributed by atoms with Gasteiger partial charge in [0.15, 0.2) is 0 Å². The van der Waals surface area contributed by atoms with E-state index in [9.17, 15) is 4.79 Å². The molecule has 1 atom stereocenters. The van der Waals surface area contributed by atoms with Crippen LogP contribution in [0.15, 0.2) is 0 Å². The molecule has 0 N–H and O–H groups in total. The first-order valence-corrected chi connectivity index (χ1v) is 5.88. The predicted molar refractivity (Wildman–Crippen MR) is 58.0 cm³/mol. The Morgan fingerprint density at radius 2 is 2.00 bits per heavy atom. The van der Waals surface area contributed by atoms with E-state index in [-0.39, 0.29) is 10.7 Å². The van der Waals surface area contributed by atoms with Gasteiger partial charge in [0.05, 0.1) is 4.83 Å². The zero-order valence-electron chi connectivity index (χ0n) is 8.59. The second kappa shape index (κ2) is 4.45. The molecule has 1 fully saturated rings. The number of amides is 1. The van der Waals surface area contributed by atoms with Crippen LogP contribution < -0.4 is 0 Å². The number of carbonyl (C=O) groups is 1. The second-order valence-electron chi connectivity index (χ2n) is 4.23. The highest BCUT2D eigenvalue weighted by Gasteiger charge is 2.33. The molecule has 1 aliphatic rings. The second-order valence-corrected chi connectivity index (χ2v) is 5.61. The molecule has 3 heteroatoms. The van der Waals surface area contributed by atoms with E-state index in [2.05, 4.69) is 29.8 Å². The third-order valence-corrected chi connectivity index (χ3v) is 2.56. The van der Waals surface area contributed by atoms with E-state index in [4.69, 9.17) is 0 Å². The molecular formula is C10H18BrNO. The van der Waals surface area contributed by atoms with Crippen LogP contribution in [0, 0.1) is 5.92 Å². The van der Waals surface area contributed by atoms with Crippen molar-refractivity contribution in [2.75, 3.05) is 6.54 Å². The number of carbonyl (C=O) groups excluding carboxylic acids is 1. The number of halogens is 1. The van der Waals surface area contributed by atoms with Gasteiger partial charge in [0.2, 0.25) is 5.91 Å². The minimum Gasteiger partial charge on any atom is -0.339 e. The van der Waals surface area contributed by atoms with Crippen molar-refractivity contribution in [3.8, 4) is 0 Å². The molecule has 13 heavy (non-hydrogen) atoms. The van der Waals surface area contributed by atoms with Crippen molar-refractivity contribution in [3.63, 3.8) is 0 Å². The van der Waals surface area contributed by atoms with Crippen LogP contribution in [-0.4, -0.2) is 28.2 Å². The molecule has 0 saturated heterocycles. The molecule has 1 saturated carbocycles. The normalized spacial score (nSPS) is 18.8. The van der Waals surface area contributed by atoms with Crippen LogP contribution in [0.25, 0.3) is 0 Å². The SMILES string of the molecule is CC(C)CN(C(=O)C(C)Br)C1CC1. The first-order valence-electron chi connectivity index (χ1n) is 4.97. The molecule has 1 amide bonds. The molecule has 0 aromatic heterocycles. The Labute approximate surface area is 88.8 Å². The molecule has 0 aromatic rings.